The van der Waals surface area contributed by atoms with Gasteiger partial charge in [0, 0.05) is 19.3 Å². The van der Waals surface area contributed by atoms with Gasteiger partial charge in [-0.1, -0.05) is 48.5 Å². The van der Waals surface area contributed by atoms with Gasteiger partial charge in [-0.15, -0.1) is 11.8 Å². The van der Waals surface area contributed by atoms with Crippen molar-refractivity contribution in [3.8, 4) is 0 Å². The van der Waals surface area contributed by atoms with E-state index >= 15 is 0 Å². The highest BCUT2D eigenvalue weighted by molar-refractivity contribution is 7.99. The summed E-state index contributed by atoms with van der Waals surface area (Å²) in [5.74, 6) is 0.0278. The zero-order chi connectivity index (χ0) is 19.6. The second-order valence-corrected chi connectivity index (χ2v) is 7.18. The Hall–Kier alpha value is -2.34. The fraction of sp³-hybridized carbons (Fsp3) is 0.333. The second kappa shape index (κ2) is 10.7. The van der Waals surface area contributed by atoms with Crippen molar-refractivity contribution in [2.24, 2.45) is 0 Å². The smallest absolute Gasteiger partial charge is 0.242 e. The molecule has 1 N–H and O–H groups in total. The first-order valence-corrected chi connectivity index (χ1v) is 10.0. The molecule has 4 nitrogen and oxygen atoms in total. The number of hydrogen-bond donors (Lipinski definition) is 1. The number of hydrogen-bond acceptors (Lipinski definition) is 3. The molecule has 0 bridgehead atoms. The van der Waals surface area contributed by atoms with Crippen molar-refractivity contribution in [1.29, 1.82) is 0 Å². The lowest BCUT2D eigenvalue weighted by molar-refractivity contribution is -0.137. The summed E-state index contributed by atoms with van der Waals surface area (Å²) < 4.78 is 13.7. The van der Waals surface area contributed by atoms with Crippen LogP contribution in [0.5, 0.6) is 0 Å². The molecule has 0 unspecified atom stereocenters. The monoisotopic (exact) mass is 388 g/mol. The predicted octanol–water partition coefficient (Wildman–Crippen LogP) is 3.26. The Morgan fingerprint density at radius 2 is 1.78 bits per heavy atom. The predicted molar refractivity (Wildman–Crippen MR) is 108 cm³/mol. The molecule has 2 rings (SSSR count). The highest BCUT2D eigenvalue weighted by Gasteiger charge is 2.24. The van der Waals surface area contributed by atoms with Crippen LogP contribution in [0, 0.1) is 5.82 Å². The average Bonchev–Trinajstić information content (AvgIpc) is 2.69. The molecule has 0 aromatic heterocycles. The zero-order valence-corrected chi connectivity index (χ0v) is 16.5. The molecule has 0 fully saturated rings. The van der Waals surface area contributed by atoms with E-state index in [0.717, 1.165) is 5.56 Å². The third kappa shape index (κ3) is 6.40. The van der Waals surface area contributed by atoms with Gasteiger partial charge in [0.25, 0.3) is 0 Å². The molecular weight excluding hydrogens is 363 g/mol. The highest BCUT2D eigenvalue weighted by atomic mass is 32.2. The van der Waals surface area contributed by atoms with Gasteiger partial charge >= 0.3 is 0 Å². The molecule has 1 atom stereocenters. The number of carbonyl (C=O) groups is 2. The van der Waals surface area contributed by atoms with Gasteiger partial charge in [0.15, 0.2) is 0 Å². The van der Waals surface area contributed by atoms with E-state index in [1.807, 2.05) is 30.3 Å². The molecule has 0 radical (unpaired) electrons. The summed E-state index contributed by atoms with van der Waals surface area (Å²) in [7, 11) is 1.56. The van der Waals surface area contributed by atoms with Gasteiger partial charge in [-0.05, 0) is 30.5 Å². The van der Waals surface area contributed by atoms with Gasteiger partial charge in [-0.3, -0.25) is 9.59 Å². The van der Waals surface area contributed by atoms with Crippen LogP contribution in [0.1, 0.15) is 18.1 Å². The van der Waals surface area contributed by atoms with Crippen LogP contribution in [0.25, 0.3) is 0 Å². The number of rotatable bonds is 9. The minimum atomic E-state index is -0.555. The van der Waals surface area contributed by atoms with E-state index < -0.39 is 6.04 Å². The number of amides is 2. The van der Waals surface area contributed by atoms with Gasteiger partial charge in [0.2, 0.25) is 11.8 Å². The third-order valence-corrected chi connectivity index (χ3v) is 5.31. The lowest BCUT2D eigenvalue weighted by Crippen LogP contribution is -2.48. The van der Waals surface area contributed by atoms with Gasteiger partial charge in [-0.2, -0.15) is 0 Å². The minimum absolute atomic E-state index is 0.122. The number of thioether (sulfide) groups is 1. The maximum Gasteiger partial charge on any atom is 0.242 e. The Labute approximate surface area is 164 Å². The summed E-state index contributed by atoms with van der Waals surface area (Å²) in [6, 6.07) is 15.8. The average molecular weight is 389 g/mol. The van der Waals surface area contributed by atoms with Crippen LogP contribution in [0.15, 0.2) is 54.6 Å². The number of nitrogens with zero attached hydrogens (tertiary/aromatic N) is 1. The molecular formula is C21H25FN2O2S. The third-order valence-electron chi connectivity index (χ3n) is 4.34. The number of halogens is 1. The van der Waals surface area contributed by atoms with Crippen LogP contribution in [-0.4, -0.2) is 42.1 Å². The summed E-state index contributed by atoms with van der Waals surface area (Å²) in [5.41, 5.74) is 1.68. The van der Waals surface area contributed by atoms with Crippen molar-refractivity contribution in [3.05, 3.63) is 71.5 Å². The molecule has 0 spiro atoms. The molecule has 6 heteroatoms. The Bertz CT molecular complexity index is 755. The van der Waals surface area contributed by atoms with E-state index in [4.69, 9.17) is 0 Å². The molecule has 144 valence electrons. The summed E-state index contributed by atoms with van der Waals surface area (Å²) in [4.78, 5) is 26.4. The van der Waals surface area contributed by atoms with E-state index in [1.165, 1.54) is 17.8 Å². The van der Waals surface area contributed by atoms with Crippen LogP contribution in [0.4, 0.5) is 4.39 Å². The van der Waals surface area contributed by atoms with Crippen molar-refractivity contribution in [1.82, 2.24) is 10.2 Å². The van der Waals surface area contributed by atoms with Crippen LogP contribution >= 0.6 is 11.8 Å². The molecule has 0 heterocycles. The summed E-state index contributed by atoms with van der Waals surface area (Å²) >= 11 is 1.35. The van der Waals surface area contributed by atoms with E-state index in [2.05, 4.69) is 5.32 Å². The highest BCUT2D eigenvalue weighted by Crippen LogP contribution is 2.17. The molecule has 2 amide bonds. The van der Waals surface area contributed by atoms with Crippen LogP contribution < -0.4 is 5.32 Å². The van der Waals surface area contributed by atoms with E-state index in [1.54, 1.807) is 37.1 Å². The summed E-state index contributed by atoms with van der Waals surface area (Å²) in [5, 5.41) is 2.60. The first kappa shape index (κ1) is 21.0. The maximum absolute atomic E-state index is 13.7. The molecule has 0 aliphatic carbocycles. The molecule has 0 aliphatic rings. The van der Waals surface area contributed by atoms with Gasteiger partial charge < -0.3 is 10.2 Å². The fourth-order valence-electron chi connectivity index (χ4n) is 2.73. The first-order valence-electron chi connectivity index (χ1n) is 8.89. The minimum Gasteiger partial charge on any atom is -0.357 e. The Kier molecular flexibility index (Phi) is 8.33. The van der Waals surface area contributed by atoms with E-state index in [9.17, 15) is 14.0 Å². The van der Waals surface area contributed by atoms with Crippen LogP contribution in [0.2, 0.25) is 0 Å². The quantitative estimate of drug-likeness (QED) is 0.717. The van der Waals surface area contributed by atoms with Gasteiger partial charge in [0.05, 0.1) is 5.75 Å². The largest absolute Gasteiger partial charge is 0.357 e. The molecule has 27 heavy (non-hydrogen) atoms. The van der Waals surface area contributed by atoms with Crippen molar-refractivity contribution in [2.45, 2.75) is 25.1 Å². The van der Waals surface area contributed by atoms with Gasteiger partial charge in [-0.25, -0.2) is 4.39 Å². The van der Waals surface area contributed by atoms with Crippen LogP contribution in [0.3, 0.4) is 0 Å². The second-order valence-electron chi connectivity index (χ2n) is 6.20. The fourth-order valence-corrected chi connectivity index (χ4v) is 3.62. The number of likely N-dealkylation sites (N-methyl/N-ethyl adjacent to an activating group) is 1. The number of carbonyl (C=O) groups excluding carboxylic acids is 2. The van der Waals surface area contributed by atoms with Crippen LogP contribution in [-0.2, 0) is 21.8 Å². The summed E-state index contributed by atoms with van der Waals surface area (Å²) in [6.07, 6.45) is 0.673. The van der Waals surface area contributed by atoms with E-state index in [0.29, 0.717) is 24.3 Å². The molecule has 2 aromatic rings. The molecule has 0 aliphatic heterocycles. The topological polar surface area (TPSA) is 49.4 Å². The molecule has 0 saturated carbocycles. The Morgan fingerprint density at radius 1 is 1.11 bits per heavy atom. The van der Waals surface area contributed by atoms with Crippen molar-refractivity contribution in [2.75, 3.05) is 19.3 Å². The van der Waals surface area contributed by atoms with Gasteiger partial charge in [0.1, 0.15) is 11.9 Å². The SMILES string of the molecule is CNC(=O)[C@H](C)N(CCc1ccccc1)C(=O)CSCc1ccccc1F. The summed E-state index contributed by atoms with van der Waals surface area (Å²) in [6.45, 7) is 2.18. The Balaban J connectivity index is 1.97. The zero-order valence-electron chi connectivity index (χ0n) is 15.7. The number of benzene rings is 2. The normalized spacial score (nSPS) is 11.7. The van der Waals surface area contributed by atoms with Crippen molar-refractivity contribution < 1.29 is 14.0 Å². The molecule has 2 aromatic carbocycles. The Morgan fingerprint density at radius 3 is 2.44 bits per heavy atom. The number of nitrogens with one attached hydrogen (secondary N) is 1. The first-order chi connectivity index (χ1) is 13.0. The lowest BCUT2D eigenvalue weighted by Gasteiger charge is -2.28. The lowest BCUT2D eigenvalue weighted by atomic mass is 10.1. The van der Waals surface area contributed by atoms with Crippen molar-refractivity contribution >= 4 is 23.6 Å². The molecule has 0 saturated heterocycles. The van der Waals surface area contributed by atoms with Crippen molar-refractivity contribution in [3.63, 3.8) is 0 Å². The van der Waals surface area contributed by atoms with E-state index in [-0.39, 0.29) is 23.4 Å². The standard InChI is InChI=1S/C21H25FN2O2S/c1-16(21(26)23-2)24(13-12-17-8-4-3-5-9-17)20(25)15-27-14-18-10-6-7-11-19(18)22/h3-11,16H,12-15H2,1-2H3,(H,23,26)/t16-/m0/s1. The maximum atomic E-state index is 13.7.